The fourth-order valence-corrected chi connectivity index (χ4v) is 5.43. The highest BCUT2D eigenvalue weighted by molar-refractivity contribution is 9.10. The molecule has 0 radical (unpaired) electrons. The summed E-state index contributed by atoms with van der Waals surface area (Å²) in [5, 5.41) is -0.0599. The lowest BCUT2D eigenvalue weighted by Gasteiger charge is -2.17. The predicted octanol–water partition coefficient (Wildman–Crippen LogP) is 4.11. The molecule has 1 aliphatic rings. The highest BCUT2D eigenvalue weighted by atomic mass is 79.9. The third-order valence-electron chi connectivity index (χ3n) is 4.64. The fraction of sp³-hybridized carbons (Fsp3) is 0.316. The van der Waals surface area contributed by atoms with Gasteiger partial charge in [-0.05, 0) is 48.7 Å². The Balaban J connectivity index is 1.62. The summed E-state index contributed by atoms with van der Waals surface area (Å²) in [5.41, 5.74) is 1.07. The maximum absolute atomic E-state index is 12.8. The summed E-state index contributed by atoms with van der Waals surface area (Å²) in [5.74, 6) is -0.00504. The molecule has 1 unspecified atom stereocenters. The van der Waals surface area contributed by atoms with Gasteiger partial charge in [-0.25, -0.2) is 8.42 Å². The molecule has 4 nitrogen and oxygen atoms in total. The molecule has 1 aliphatic heterocycles. The summed E-state index contributed by atoms with van der Waals surface area (Å²) >= 11 is 9.31. The Bertz CT molecular complexity index is 899. The van der Waals surface area contributed by atoms with Crippen LogP contribution in [0.5, 0.6) is 0 Å². The van der Waals surface area contributed by atoms with Gasteiger partial charge in [0, 0.05) is 29.0 Å². The molecule has 0 bridgehead atoms. The Morgan fingerprint density at radius 2 is 1.85 bits per heavy atom. The summed E-state index contributed by atoms with van der Waals surface area (Å²) in [6, 6.07) is 14.0. The number of benzene rings is 2. The van der Waals surface area contributed by atoms with Crippen LogP contribution < -0.4 is 0 Å². The van der Waals surface area contributed by atoms with E-state index in [9.17, 15) is 13.2 Å². The van der Waals surface area contributed by atoms with E-state index >= 15 is 0 Å². The van der Waals surface area contributed by atoms with Crippen LogP contribution >= 0.6 is 27.5 Å². The highest BCUT2D eigenvalue weighted by Crippen LogP contribution is 2.26. The van der Waals surface area contributed by atoms with E-state index in [1.54, 1.807) is 17.0 Å². The van der Waals surface area contributed by atoms with Gasteiger partial charge in [0.2, 0.25) is 5.91 Å². The van der Waals surface area contributed by atoms with Gasteiger partial charge in [-0.3, -0.25) is 4.79 Å². The molecule has 0 aromatic heterocycles. The maximum Gasteiger partial charge on any atom is 0.222 e. The molecule has 1 heterocycles. The Morgan fingerprint density at radius 1 is 1.15 bits per heavy atom. The zero-order valence-electron chi connectivity index (χ0n) is 14.1. The molecule has 0 N–H and O–H groups in total. The maximum atomic E-state index is 12.8. The van der Waals surface area contributed by atoms with Crippen molar-refractivity contribution in [2.45, 2.75) is 29.4 Å². The summed E-state index contributed by atoms with van der Waals surface area (Å²) in [7, 11) is -3.46. The van der Waals surface area contributed by atoms with Crippen molar-refractivity contribution in [3.63, 3.8) is 0 Å². The zero-order chi connectivity index (χ0) is 18.7. The number of halogens is 2. The summed E-state index contributed by atoms with van der Waals surface area (Å²) in [6.07, 6.45) is 1.47. The zero-order valence-corrected chi connectivity index (χ0v) is 17.2. The Kier molecular flexibility index (Phi) is 6.05. The molecule has 0 aliphatic carbocycles. The van der Waals surface area contributed by atoms with E-state index in [0.717, 1.165) is 10.0 Å². The van der Waals surface area contributed by atoms with Gasteiger partial charge >= 0.3 is 0 Å². The largest absolute Gasteiger partial charge is 0.341 e. The number of aryl methyl sites for hydroxylation is 1. The summed E-state index contributed by atoms with van der Waals surface area (Å²) in [4.78, 5) is 14.4. The number of hydrogen-bond donors (Lipinski definition) is 0. The van der Waals surface area contributed by atoms with Crippen LogP contribution in [0.4, 0.5) is 0 Å². The van der Waals surface area contributed by atoms with Crippen molar-refractivity contribution >= 4 is 43.3 Å². The molecule has 3 rings (SSSR count). The third-order valence-corrected chi connectivity index (χ3v) is 7.86. The second-order valence-corrected chi connectivity index (χ2v) is 9.86. The van der Waals surface area contributed by atoms with Gasteiger partial charge in [-0.1, -0.05) is 45.7 Å². The number of hydrogen-bond acceptors (Lipinski definition) is 3. The van der Waals surface area contributed by atoms with E-state index < -0.39 is 15.1 Å². The van der Waals surface area contributed by atoms with Crippen LogP contribution in [-0.2, 0) is 21.1 Å². The number of carbonyl (C=O) groups is 1. The van der Waals surface area contributed by atoms with Crippen molar-refractivity contribution in [1.29, 1.82) is 0 Å². The van der Waals surface area contributed by atoms with E-state index in [1.807, 2.05) is 24.3 Å². The Morgan fingerprint density at radius 3 is 2.54 bits per heavy atom. The second-order valence-electron chi connectivity index (χ2n) is 6.34. The van der Waals surface area contributed by atoms with Gasteiger partial charge in [0.05, 0.1) is 10.1 Å². The molecular weight excluding hydrogens is 438 g/mol. The second kappa shape index (κ2) is 8.11. The van der Waals surface area contributed by atoms with E-state index in [4.69, 9.17) is 11.6 Å². The number of carbonyl (C=O) groups excluding carboxylic acids is 1. The average molecular weight is 457 g/mol. The third kappa shape index (κ3) is 4.30. The van der Waals surface area contributed by atoms with Gasteiger partial charge in [-0.15, -0.1) is 0 Å². The van der Waals surface area contributed by atoms with E-state index in [2.05, 4.69) is 15.9 Å². The molecule has 2 aromatic carbocycles. The lowest BCUT2D eigenvalue weighted by molar-refractivity contribution is -0.130. The first-order chi connectivity index (χ1) is 12.4. The SMILES string of the molecule is O=C(CCc1ccccc1Br)N1CCC(S(=O)(=O)c2ccc(Cl)cc2)C1. The van der Waals surface area contributed by atoms with Gasteiger partial charge in [-0.2, -0.15) is 0 Å². The first-order valence-corrected chi connectivity index (χ1v) is 11.1. The lowest BCUT2D eigenvalue weighted by Crippen LogP contribution is -2.32. The number of amides is 1. The normalized spacial score (nSPS) is 17.5. The number of nitrogens with zero attached hydrogens (tertiary/aromatic N) is 1. The van der Waals surface area contributed by atoms with Crippen LogP contribution in [0.15, 0.2) is 57.9 Å². The molecular formula is C19H19BrClNO3S. The molecule has 138 valence electrons. The molecule has 0 saturated carbocycles. The molecule has 1 atom stereocenters. The molecule has 7 heteroatoms. The smallest absolute Gasteiger partial charge is 0.222 e. The number of sulfone groups is 1. The molecule has 2 aromatic rings. The molecule has 1 saturated heterocycles. The minimum Gasteiger partial charge on any atom is -0.341 e. The predicted molar refractivity (Wildman–Crippen MR) is 106 cm³/mol. The van der Waals surface area contributed by atoms with Crippen LogP contribution in [0.25, 0.3) is 0 Å². The summed E-state index contributed by atoms with van der Waals surface area (Å²) in [6.45, 7) is 0.728. The van der Waals surface area contributed by atoms with Crippen molar-refractivity contribution in [2.75, 3.05) is 13.1 Å². The quantitative estimate of drug-likeness (QED) is 0.680. The Hall–Kier alpha value is -1.37. The first kappa shape index (κ1) is 19.4. The lowest BCUT2D eigenvalue weighted by atomic mass is 10.1. The molecule has 0 spiro atoms. The fourth-order valence-electron chi connectivity index (χ4n) is 3.13. The highest BCUT2D eigenvalue weighted by Gasteiger charge is 2.35. The molecule has 26 heavy (non-hydrogen) atoms. The van der Waals surface area contributed by atoms with Gasteiger partial charge in [0.1, 0.15) is 0 Å². The Labute approximate surface area is 167 Å². The van der Waals surface area contributed by atoms with Crippen molar-refractivity contribution in [1.82, 2.24) is 4.90 Å². The van der Waals surface area contributed by atoms with Crippen LogP contribution in [-0.4, -0.2) is 37.6 Å². The monoisotopic (exact) mass is 455 g/mol. The van der Waals surface area contributed by atoms with Crippen molar-refractivity contribution in [2.24, 2.45) is 0 Å². The molecule has 1 fully saturated rings. The average Bonchev–Trinajstić information content (AvgIpc) is 3.12. The van der Waals surface area contributed by atoms with Crippen LogP contribution in [0.2, 0.25) is 5.02 Å². The van der Waals surface area contributed by atoms with E-state index in [1.165, 1.54) is 12.1 Å². The van der Waals surface area contributed by atoms with Crippen LogP contribution in [0.3, 0.4) is 0 Å². The van der Waals surface area contributed by atoms with Crippen molar-refractivity contribution < 1.29 is 13.2 Å². The van der Waals surface area contributed by atoms with Crippen LogP contribution in [0, 0.1) is 0 Å². The molecule has 1 amide bonds. The van der Waals surface area contributed by atoms with Gasteiger partial charge in [0.25, 0.3) is 0 Å². The summed E-state index contributed by atoms with van der Waals surface area (Å²) < 4.78 is 26.5. The van der Waals surface area contributed by atoms with Gasteiger partial charge in [0.15, 0.2) is 9.84 Å². The van der Waals surface area contributed by atoms with E-state index in [0.29, 0.717) is 30.8 Å². The van der Waals surface area contributed by atoms with Crippen LogP contribution in [0.1, 0.15) is 18.4 Å². The first-order valence-electron chi connectivity index (χ1n) is 8.38. The van der Waals surface area contributed by atoms with Gasteiger partial charge < -0.3 is 4.90 Å². The van der Waals surface area contributed by atoms with Crippen molar-refractivity contribution in [3.05, 3.63) is 63.6 Å². The minimum atomic E-state index is -3.46. The van der Waals surface area contributed by atoms with E-state index in [-0.39, 0.29) is 17.3 Å². The topological polar surface area (TPSA) is 54.5 Å². The number of rotatable bonds is 5. The minimum absolute atomic E-state index is 0.00504. The number of likely N-dealkylation sites (tertiary alicyclic amines) is 1. The standard InChI is InChI=1S/C19H19BrClNO3S/c20-18-4-2-1-3-14(18)5-10-19(23)22-12-11-17(13-22)26(24,25)16-8-6-15(21)7-9-16/h1-4,6-9,17H,5,10-13H2. The van der Waals surface area contributed by atoms with Crippen molar-refractivity contribution in [3.8, 4) is 0 Å².